The molecule has 0 saturated heterocycles. The molecule has 2 rings (SSSR count). The van der Waals surface area contributed by atoms with Crippen LogP contribution in [0.3, 0.4) is 0 Å². The van der Waals surface area contributed by atoms with E-state index in [1.54, 1.807) is 0 Å². The maximum atomic E-state index is 13.0. The Labute approximate surface area is 115 Å². The van der Waals surface area contributed by atoms with E-state index in [0.717, 1.165) is 6.20 Å². The topological polar surface area (TPSA) is 92.9 Å². The lowest BCUT2D eigenvalue weighted by Crippen LogP contribution is -2.14. The largest absolute Gasteiger partial charge is 0.437 e. The Hall–Kier alpha value is -3.00. The second kappa shape index (κ2) is 5.55. The van der Waals surface area contributed by atoms with Crippen molar-refractivity contribution >= 4 is 12.2 Å². The third kappa shape index (κ3) is 2.95. The zero-order valence-electron chi connectivity index (χ0n) is 10.2. The van der Waals surface area contributed by atoms with E-state index in [2.05, 4.69) is 19.9 Å². The molecule has 0 radical (unpaired) electrons. The molecule has 10 heteroatoms. The maximum Gasteiger partial charge on any atom is 0.437 e. The number of rotatable bonds is 4. The Morgan fingerprint density at radius 3 is 2.52 bits per heavy atom. The van der Waals surface area contributed by atoms with Crippen molar-refractivity contribution in [2.45, 2.75) is 6.18 Å². The van der Waals surface area contributed by atoms with Crippen LogP contribution in [-0.2, 0) is 11.0 Å². The van der Waals surface area contributed by atoms with Gasteiger partial charge in [0.15, 0.2) is 11.4 Å². The van der Waals surface area contributed by atoms with E-state index in [9.17, 15) is 18.0 Å². The molecule has 0 bridgehead atoms. The maximum absolute atomic E-state index is 13.0. The molecule has 1 aromatic heterocycles. The molecule has 0 aliphatic rings. The number of hydrogen-bond acceptors (Lipinski definition) is 4. The third-order valence-electron chi connectivity index (χ3n) is 2.43. The van der Waals surface area contributed by atoms with Crippen LogP contribution in [0, 0.1) is 0 Å². The molecule has 2 aromatic rings. The lowest BCUT2D eigenvalue weighted by Gasteiger charge is -2.11. The highest BCUT2D eigenvalue weighted by molar-refractivity contribution is 5.50. The second-order valence-corrected chi connectivity index (χ2v) is 3.69. The summed E-state index contributed by atoms with van der Waals surface area (Å²) in [6.45, 7) is -0.110. The zero-order valence-corrected chi connectivity index (χ0v) is 10.2. The number of aromatic nitrogens is 2. The molecule has 7 nitrogen and oxygen atoms in total. The minimum absolute atomic E-state index is 0.0694. The molecule has 0 fully saturated rings. The summed E-state index contributed by atoms with van der Waals surface area (Å²) >= 11 is 0. The summed E-state index contributed by atoms with van der Waals surface area (Å²) in [4.78, 5) is 12.8. The molecule has 0 saturated carbocycles. The van der Waals surface area contributed by atoms with Crippen LogP contribution in [0.15, 0.2) is 35.6 Å². The van der Waals surface area contributed by atoms with Crippen LogP contribution in [0.5, 0.6) is 5.75 Å². The predicted molar refractivity (Wildman–Crippen MR) is 64.1 cm³/mol. The second-order valence-electron chi connectivity index (χ2n) is 3.69. The fraction of sp³-hybridized carbons (Fsp3) is 0.0909. The predicted octanol–water partition coefficient (Wildman–Crippen LogP) is 3.37. The van der Waals surface area contributed by atoms with Gasteiger partial charge >= 0.3 is 6.18 Å². The Bertz CT molecular complexity index is 702. The van der Waals surface area contributed by atoms with Gasteiger partial charge in [-0.1, -0.05) is 17.2 Å². The summed E-state index contributed by atoms with van der Waals surface area (Å²) in [5.74, 6) is -0.698. The highest BCUT2D eigenvalue weighted by atomic mass is 19.4. The molecule has 1 aromatic carbocycles. The van der Waals surface area contributed by atoms with Crippen LogP contribution in [0.4, 0.5) is 18.9 Å². The molecule has 21 heavy (non-hydrogen) atoms. The summed E-state index contributed by atoms with van der Waals surface area (Å²) in [5.41, 5.74) is 7.36. The monoisotopic (exact) mass is 297 g/mol. The Morgan fingerprint density at radius 2 is 2.00 bits per heavy atom. The van der Waals surface area contributed by atoms with Crippen LogP contribution in [0.2, 0.25) is 0 Å². The summed E-state index contributed by atoms with van der Waals surface area (Å²) in [5, 5.41) is 6.86. The van der Waals surface area contributed by atoms with Crippen molar-refractivity contribution in [1.29, 1.82) is 0 Å². The van der Waals surface area contributed by atoms with E-state index < -0.39 is 17.6 Å². The SMILES string of the molecule is [N-]=[N+]=Nc1ccc(-n2ncc(OC=O)c2C(F)(F)F)cc1. The average Bonchev–Trinajstić information content (AvgIpc) is 2.84. The number of carbonyl (C=O) groups excluding carboxylic acids is 1. The number of azide groups is 1. The number of halogens is 3. The van der Waals surface area contributed by atoms with Gasteiger partial charge < -0.3 is 4.74 Å². The zero-order chi connectivity index (χ0) is 15.5. The summed E-state index contributed by atoms with van der Waals surface area (Å²) in [7, 11) is 0. The molecule has 0 N–H and O–H groups in total. The fourth-order valence-electron chi connectivity index (χ4n) is 1.64. The van der Waals surface area contributed by atoms with Crippen molar-refractivity contribution in [2.75, 3.05) is 0 Å². The average molecular weight is 297 g/mol. The van der Waals surface area contributed by atoms with Gasteiger partial charge in [-0.2, -0.15) is 18.3 Å². The first-order valence-electron chi connectivity index (χ1n) is 5.38. The molecule has 0 amide bonds. The van der Waals surface area contributed by atoms with Gasteiger partial charge in [-0.15, -0.1) is 0 Å². The summed E-state index contributed by atoms with van der Waals surface area (Å²) in [6.07, 6.45) is -3.98. The number of ether oxygens (including phenoxy) is 1. The van der Waals surface area contributed by atoms with Crippen LogP contribution in [0.1, 0.15) is 5.69 Å². The molecular formula is C11H6F3N5O2. The number of hydrogen-bond donors (Lipinski definition) is 0. The highest BCUT2D eigenvalue weighted by Gasteiger charge is 2.40. The van der Waals surface area contributed by atoms with E-state index in [1.165, 1.54) is 24.3 Å². The van der Waals surface area contributed by atoms with Crippen LogP contribution >= 0.6 is 0 Å². The van der Waals surface area contributed by atoms with Crippen molar-refractivity contribution in [3.8, 4) is 11.4 Å². The van der Waals surface area contributed by atoms with E-state index in [1.807, 2.05) is 0 Å². The van der Waals surface area contributed by atoms with Crippen LogP contribution in [-0.4, -0.2) is 16.3 Å². The molecular weight excluding hydrogens is 291 g/mol. The standard InChI is InChI=1S/C11H6F3N5O2/c12-11(13,14)10-9(21-6-20)5-16-19(10)8-3-1-7(2-4-8)17-18-15/h1-6H. The van der Waals surface area contributed by atoms with Crippen molar-refractivity contribution in [3.63, 3.8) is 0 Å². The van der Waals surface area contributed by atoms with Gasteiger partial charge in [-0.25, -0.2) is 4.68 Å². The number of nitrogens with zero attached hydrogens (tertiary/aromatic N) is 5. The molecule has 0 aliphatic heterocycles. The minimum Gasteiger partial charge on any atom is -0.425 e. The quantitative estimate of drug-likeness (QED) is 0.375. The Morgan fingerprint density at radius 1 is 1.33 bits per heavy atom. The van der Waals surface area contributed by atoms with Crippen LogP contribution < -0.4 is 4.74 Å². The van der Waals surface area contributed by atoms with Gasteiger partial charge in [0.1, 0.15) is 0 Å². The van der Waals surface area contributed by atoms with E-state index in [0.29, 0.717) is 4.68 Å². The third-order valence-corrected chi connectivity index (χ3v) is 2.43. The van der Waals surface area contributed by atoms with Gasteiger partial charge in [0.25, 0.3) is 6.47 Å². The molecule has 0 spiro atoms. The van der Waals surface area contributed by atoms with E-state index in [4.69, 9.17) is 5.53 Å². The van der Waals surface area contributed by atoms with E-state index in [-0.39, 0.29) is 17.8 Å². The first-order chi connectivity index (χ1) is 9.97. The molecule has 0 aliphatic carbocycles. The van der Waals surface area contributed by atoms with Gasteiger partial charge in [0.2, 0.25) is 0 Å². The highest BCUT2D eigenvalue weighted by Crippen LogP contribution is 2.37. The smallest absolute Gasteiger partial charge is 0.425 e. The van der Waals surface area contributed by atoms with Crippen LogP contribution in [0.25, 0.3) is 16.1 Å². The van der Waals surface area contributed by atoms with Crippen molar-refractivity contribution in [1.82, 2.24) is 9.78 Å². The number of alkyl halides is 3. The number of carbonyl (C=O) groups is 1. The Balaban J connectivity index is 2.53. The Kier molecular flexibility index (Phi) is 3.81. The molecule has 1 heterocycles. The first-order valence-corrected chi connectivity index (χ1v) is 5.38. The first kappa shape index (κ1) is 14.4. The van der Waals surface area contributed by atoms with Gasteiger partial charge in [-0.05, 0) is 17.7 Å². The van der Waals surface area contributed by atoms with Crippen molar-refractivity contribution in [2.24, 2.45) is 5.11 Å². The summed E-state index contributed by atoms with van der Waals surface area (Å²) < 4.78 is 43.9. The lowest BCUT2D eigenvalue weighted by molar-refractivity contribution is -0.144. The van der Waals surface area contributed by atoms with Crippen molar-refractivity contribution < 1.29 is 22.7 Å². The molecule has 0 unspecified atom stereocenters. The number of benzene rings is 1. The van der Waals surface area contributed by atoms with Gasteiger partial charge in [0, 0.05) is 10.6 Å². The molecule has 0 atom stereocenters. The van der Waals surface area contributed by atoms with E-state index >= 15 is 0 Å². The minimum atomic E-state index is -4.77. The van der Waals surface area contributed by atoms with Crippen molar-refractivity contribution in [3.05, 3.63) is 46.6 Å². The van der Waals surface area contributed by atoms with Gasteiger partial charge in [-0.3, -0.25) is 4.79 Å². The normalized spacial score (nSPS) is 10.8. The lowest BCUT2D eigenvalue weighted by atomic mass is 10.2. The summed E-state index contributed by atoms with van der Waals surface area (Å²) in [6, 6.07) is 5.24. The molecule has 108 valence electrons. The fourth-order valence-corrected chi connectivity index (χ4v) is 1.64. The van der Waals surface area contributed by atoms with Gasteiger partial charge in [0.05, 0.1) is 11.9 Å².